The van der Waals surface area contributed by atoms with E-state index in [-0.39, 0.29) is 0 Å². The van der Waals surface area contributed by atoms with Gasteiger partial charge in [0.05, 0.1) is 24.2 Å². The summed E-state index contributed by atoms with van der Waals surface area (Å²) in [7, 11) is 0. The molecule has 0 spiro atoms. The highest BCUT2D eigenvalue weighted by Gasteiger charge is 2.13. The summed E-state index contributed by atoms with van der Waals surface area (Å²) in [6.45, 7) is 3.53. The van der Waals surface area contributed by atoms with Crippen LogP contribution in [0.3, 0.4) is 0 Å². The number of nitrogens with zero attached hydrogens (tertiary/aromatic N) is 1. The monoisotopic (exact) mass is 250 g/mol. The third kappa shape index (κ3) is 2.07. The first-order valence-corrected chi connectivity index (χ1v) is 6.77. The van der Waals surface area contributed by atoms with E-state index in [1.807, 2.05) is 12.1 Å². The molecule has 0 bridgehead atoms. The molecule has 0 unspecified atom stereocenters. The Kier molecular flexibility index (Phi) is 2.84. The highest BCUT2D eigenvalue weighted by Crippen LogP contribution is 2.34. The average Bonchev–Trinajstić information content (AvgIpc) is 2.55. The van der Waals surface area contributed by atoms with Crippen molar-refractivity contribution in [1.29, 1.82) is 0 Å². The third-order valence-corrected chi connectivity index (χ3v) is 3.37. The van der Waals surface area contributed by atoms with Crippen LogP contribution in [-0.2, 0) is 0 Å². The van der Waals surface area contributed by atoms with Gasteiger partial charge in [-0.15, -0.1) is 0 Å². The topological polar surface area (TPSA) is 47.1 Å². The van der Waals surface area contributed by atoms with Crippen LogP contribution in [0.25, 0.3) is 11.0 Å². The van der Waals surface area contributed by atoms with E-state index in [1.54, 1.807) is 11.8 Å². The number of hydrogen-bond donors (Lipinski definition) is 1. The Morgan fingerprint density at radius 2 is 2.06 bits per heavy atom. The van der Waals surface area contributed by atoms with Crippen molar-refractivity contribution in [2.24, 2.45) is 0 Å². The van der Waals surface area contributed by atoms with Gasteiger partial charge in [0.2, 0.25) is 0 Å². The van der Waals surface area contributed by atoms with Gasteiger partial charge >= 0.3 is 0 Å². The van der Waals surface area contributed by atoms with E-state index >= 15 is 0 Å². The summed E-state index contributed by atoms with van der Waals surface area (Å²) in [6, 6.07) is 3.93. The first-order valence-electron chi connectivity index (χ1n) is 5.79. The molecule has 0 fully saturated rings. The maximum absolute atomic E-state index is 5.65. The molecule has 0 atom stereocenters. The van der Waals surface area contributed by atoms with Gasteiger partial charge in [0.15, 0.2) is 16.7 Å². The van der Waals surface area contributed by atoms with Crippen molar-refractivity contribution in [1.82, 2.24) is 9.97 Å². The van der Waals surface area contributed by atoms with Gasteiger partial charge in [-0.05, 0) is 5.75 Å². The Morgan fingerprint density at radius 3 is 2.82 bits per heavy atom. The van der Waals surface area contributed by atoms with Crippen molar-refractivity contribution in [3.8, 4) is 11.5 Å². The standard InChI is InChI=1S/C12H14N2O2S/c1-2-17-12-13-8-6-10-11(7-9(8)14-12)16-5-3-4-15-10/h6-7H,2-5H2,1H3,(H,13,14). The molecule has 0 aliphatic carbocycles. The van der Waals surface area contributed by atoms with E-state index < -0.39 is 0 Å². The number of benzene rings is 1. The number of nitrogens with one attached hydrogen (secondary N) is 1. The Balaban J connectivity index is 2.05. The first kappa shape index (κ1) is 10.8. The molecule has 1 N–H and O–H groups in total. The number of hydrogen-bond acceptors (Lipinski definition) is 4. The van der Waals surface area contributed by atoms with Crippen molar-refractivity contribution in [2.75, 3.05) is 19.0 Å². The number of imidazole rings is 1. The lowest BCUT2D eigenvalue weighted by Crippen LogP contribution is -1.97. The van der Waals surface area contributed by atoms with Gasteiger partial charge < -0.3 is 14.5 Å². The van der Waals surface area contributed by atoms with Gasteiger partial charge in [-0.3, -0.25) is 0 Å². The van der Waals surface area contributed by atoms with E-state index in [0.717, 1.165) is 39.9 Å². The molecule has 4 nitrogen and oxygen atoms in total. The number of fused-ring (bicyclic) bond motifs is 2. The molecule has 3 rings (SSSR count). The van der Waals surface area contributed by atoms with Gasteiger partial charge in [-0.1, -0.05) is 18.7 Å². The summed E-state index contributed by atoms with van der Waals surface area (Å²) in [6.07, 6.45) is 0.924. The second-order valence-electron chi connectivity index (χ2n) is 3.84. The van der Waals surface area contributed by atoms with Crippen LogP contribution in [0.15, 0.2) is 17.3 Å². The molecule has 17 heavy (non-hydrogen) atoms. The number of thioether (sulfide) groups is 1. The number of aromatic nitrogens is 2. The van der Waals surface area contributed by atoms with Crippen LogP contribution in [0.5, 0.6) is 11.5 Å². The molecule has 5 heteroatoms. The van der Waals surface area contributed by atoms with Gasteiger partial charge in [-0.2, -0.15) is 0 Å². The molecule has 1 aromatic carbocycles. The summed E-state index contributed by atoms with van der Waals surface area (Å²) in [4.78, 5) is 7.80. The van der Waals surface area contributed by atoms with Gasteiger partial charge in [0.1, 0.15) is 0 Å². The fraction of sp³-hybridized carbons (Fsp3) is 0.417. The minimum Gasteiger partial charge on any atom is -0.489 e. The summed E-state index contributed by atoms with van der Waals surface area (Å²) in [5.74, 6) is 2.62. The maximum atomic E-state index is 5.65. The molecule has 2 aromatic rings. The fourth-order valence-electron chi connectivity index (χ4n) is 1.85. The fourth-order valence-corrected chi connectivity index (χ4v) is 2.47. The predicted molar refractivity (Wildman–Crippen MR) is 68.1 cm³/mol. The van der Waals surface area contributed by atoms with E-state index in [1.165, 1.54) is 0 Å². The van der Waals surface area contributed by atoms with Gasteiger partial charge in [-0.25, -0.2) is 4.98 Å². The first-order chi connectivity index (χ1) is 8.36. The van der Waals surface area contributed by atoms with Crippen LogP contribution in [0, 0.1) is 0 Å². The van der Waals surface area contributed by atoms with E-state index in [4.69, 9.17) is 9.47 Å². The van der Waals surface area contributed by atoms with Crippen LogP contribution in [-0.4, -0.2) is 28.9 Å². The average molecular weight is 250 g/mol. The van der Waals surface area contributed by atoms with Crippen molar-refractivity contribution in [3.63, 3.8) is 0 Å². The number of H-pyrrole nitrogens is 1. The molecule has 1 aliphatic rings. The van der Waals surface area contributed by atoms with Crippen LogP contribution in [0.1, 0.15) is 13.3 Å². The normalized spacial score (nSPS) is 14.9. The highest BCUT2D eigenvalue weighted by atomic mass is 32.2. The summed E-state index contributed by atoms with van der Waals surface area (Å²) < 4.78 is 11.3. The third-order valence-electron chi connectivity index (χ3n) is 2.61. The Bertz CT molecular complexity index is 496. The molecule has 0 amide bonds. The van der Waals surface area contributed by atoms with Crippen molar-refractivity contribution < 1.29 is 9.47 Å². The van der Waals surface area contributed by atoms with E-state index in [2.05, 4.69) is 16.9 Å². The molecule has 0 radical (unpaired) electrons. The van der Waals surface area contributed by atoms with Crippen LogP contribution >= 0.6 is 11.8 Å². The second kappa shape index (κ2) is 4.49. The quantitative estimate of drug-likeness (QED) is 0.833. The van der Waals surface area contributed by atoms with Gasteiger partial charge in [0.25, 0.3) is 0 Å². The second-order valence-corrected chi connectivity index (χ2v) is 5.09. The molecule has 90 valence electrons. The number of ether oxygens (including phenoxy) is 2. The van der Waals surface area contributed by atoms with Crippen molar-refractivity contribution >= 4 is 22.8 Å². The zero-order valence-electron chi connectivity index (χ0n) is 9.66. The molecule has 2 heterocycles. The minimum atomic E-state index is 0.708. The van der Waals surface area contributed by atoms with Crippen LogP contribution in [0.2, 0.25) is 0 Å². The maximum Gasteiger partial charge on any atom is 0.166 e. The minimum absolute atomic E-state index is 0.708. The number of rotatable bonds is 2. The molecule has 1 aliphatic heterocycles. The molecule has 0 saturated heterocycles. The Morgan fingerprint density at radius 1 is 1.29 bits per heavy atom. The Hall–Kier alpha value is -1.36. The highest BCUT2D eigenvalue weighted by molar-refractivity contribution is 7.99. The summed E-state index contributed by atoms with van der Waals surface area (Å²) >= 11 is 1.70. The SMILES string of the molecule is CCSc1nc2cc3c(cc2[nH]1)OCCCO3. The molecular formula is C12H14N2O2S. The van der Waals surface area contributed by atoms with Crippen molar-refractivity contribution in [3.05, 3.63) is 12.1 Å². The molecular weight excluding hydrogens is 236 g/mol. The lowest BCUT2D eigenvalue weighted by atomic mass is 10.3. The lowest BCUT2D eigenvalue weighted by molar-refractivity contribution is 0.297. The lowest BCUT2D eigenvalue weighted by Gasteiger charge is -2.05. The van der Waals surface area contributed by atoms with Gasteiger partial charge in [0, 0.05) is 18.6 Å². The largest absolute Gasteiger partial charge is 0.489 e. The number of aromatic amines is 1. The summed E-state index contributed by atoms with van der Waals surface area (Å²) in [5.41, 5.74) is 1.94. The van der Waals surface area contributed by atoms with Crippen molar-refractivity contribution in [2.45, 2.75) is 18.5 Å². The predicted octanol–water partition coefficient (Wildman–Crippen LogP) is 2.84. The Labute approximate surface area is 104 Å². The summed E-state index contributed by atoms with van der Waals surface area (Å²) in [5, 5.41) is 0.947. The molecule has 1 aromatic heterocycles. The van der Waals surface area contributed by atoms with Crippen LogP contribution in [0.4, 0.5) is 0 Å². The zero-order chi connectivity index (χ0) is 11.7. The smallest absolute Gasteiger partial charge is 0.166 e. The van der Waals surface area contributed by atoms with Crippen LogP contribution < -0.4 is 9.47 Å². The van der Waals surface area contributed by atoms with E-state index in [0.29, 0.717) is 13.2 Å². The molecule has 0 saturated carbocycles. The zero-order valence-corrected chi connectivity index (χ0v) is 10.5. The van der Waals surface area contributed by atoms with E-state index in [9.17, 15) is 0 Å².